The molecule has 0 aliphatic heterocycles. The third kappa shape index (κ3) is 4.51. The molecule has 0 spiro atoms. The summed E-state index contributed by atoms with van der Waals surface area (Å²) in [6.45, 7) is 0.885. The van der Waals surface area contributed by atoms with Gasteiger partial charge in [-0.2, -0.15) is 0 Å². The monoisotopic (exact) mass is 452 g/mol. The van der Waals surface area contributed by atoms with Crippen LogP contribution in [0.25, 0.3) is 0 Å². The minimum atomic E-state index is 0. The third-order valence-corrected chi connectivity index (χ3v) is 5.02. The maximum Gasteiger partial charge on any atom is 0.105 e. The molecule has 0 fully saturated rings. The van der Waals surface area contributed by atoms with Crippen LogP contribution >= 0.6 is 27.3 Å². The van der Waals surface area contributed by atoms with Gasteiger partial charge < -0.3 is 22.7 Å². The molecule has 1 unspecified atom stereocenters. The quantitative estimate of drug-likeness (QED) is 0.611. The lowest BCUT2D eigenvalue weighted by atomic mass is 9.92. The van der Waals surface area contributed by atoms with E-state index >= 15 is 0 Å². The van der Waals surface area contributed by atoms with E-state index in [9.17, 15) is 0 Å². The molecule has 120 valence electrons. The summed E-state index contributed by atoms with van der Waals surface area (Å²) in [4.78, 5) is 4.85. The Morgan fingerprint density at radius 1 is 1.04 bits per heavy atom. The summed E-state index contributed by atoms with van der Waals surface area (Å²) in [6, 6.07) is 19.1. The highest BCUT2D eigenvalue weighted by Crippen LogP contribution is 2.34. The van der Waals surface area contributed by atoms with Crippen molar-refractivity contribution in [3.05, 3.63) is 86.3 Å². The molecule has 2 aromatic carbocycles. The van der Waals surface area contributed by atoms with Gasteiger partial charge in [0, 0.05) is 16.3 Å². The van der Waals surface area contributed by atoms with Gasteiger partial charge in [-0.1, -0.05) is 58.4 Å². The minimum absolute atomic E-state index is 0. The Kier molecular flexibility index (Phi) is 6.96. The number of thiazole rings is 1. The average molecular weight is 454 g/mol. The van der Waals surface area contributed by atoms with E-state index in [1.165, 1.54) is 11.1 Å². The summed E-state index contributed by atoms with van der Waals surface area (Å²) in [5.74, 6) is 0.183. The zero-order valence-electron chi connectivity index (χ0n) is 12.6. The van der Waals surface area contributed by atoms with E-state index in [0.717, 1.165) is 28.1 Å². The van der Waals surface area contributed by atoms with Gasteiger partial charge in [0.1, 0.15) is 5.01 Å². The summed E-state index contributed by atoms with van der Waals surface area (Å²) in [5, 5.41) is 3.31. The molecule has 1 aromatic heterocycles. The SMILES string of the molecule is [Br-].[NH3+]CCc1csc(C(c2ccccc2)c2cccc(Br)c2)n1. The molecular formula is C18H18Br2N2S. The van der Waals surface area contributed by atoms with Gasteiger partial charge in [0.25, 0.3) is 0 Å². The Labute approximate surface area is 159 Å². The van der Waals surface area contributed by atoms with E-state index in [2.05, 4.69) is 81.6 Å². The zero-order chi connectivity index (χ0) is 15.4. The molecule has 0 amide bonds. The van der Waals surface area contributed by atoms with Crippen LogP contribution in [0.5, 0.6) is 0 Å². The predicted molar refractivity (Wildman–Crippen MR) is 95.1 cm³/mol. The second-order valence-electron chi connectivity index (χ2n) is 5.18. The Bertz CT molecular complexity index is 744. The molecule has 0 saturated carbocycles. The summed E-state index contributed by atoms with van der Waals surface area (Å²) < 4.78 is 1.10. The Morgan fingerprint density at radius 3 is 2.48 bits per heavy atom. The topological polar surface area (TPSA) is 40.5 Å². The van der Waals surface area contributed by atoms with Crippen LogP contribution in [0.4, 0.5) is 0 Å². The molecule has 3 rings (SSSR count). The highest BCUT2D eigenvalue weighted by Gasteiger charge is 2.20. The fraction of sp³-hybridized carbons (Fsp3) is 0.167. The van der Waals surface area contributed by atoms with Crippen LogP contribution in [0, 0.1) is 0 Å². The molecule has 23 heavy (non-hydrogen) atoms. The van der Waals surface area contributed by atoms with Crippen molar-refractivity contribution in [3.63, 3.8) is 0 Å². The molecule has 0 bridgehead atoms. The van der Waals surface area contributed by atoms with Crippen molar-refractivity contribution in [1.82, 2.24) is 4.98 Å². The molecular weight excluding hydrogens is 436 g/mol. The van der Waals surface area contributed by atoms with E-state index in [0.29, 0.717) is 0 Å². The van der Waals surface area contributed by atoms with E-state index in [1.807, 2.05) is 0 Å². The second-order valence-corrected chi connectivity index (χ2v) is 6.98. The number of benzene rings is 2. The van der Waals surface area contributed by atoms with Gasteiger partial charge in [-0.15, -0.1) is 11.3 Å². The molecule has 0 aliphatic carbocycles. The lowest BCUT2D eigenvalue weighted by Gasteiger charge is -2.16. The van der Waals surface area contributed by atoms with Crippen molar-refractivity contribution in [1.29, 1.82) is 0 Å². The molecule has 2 nitrogen and oxygen atoms in total. The molecule has 1 atom stereocenters. The van der Waals surface area contributed by atoms with Crippen LogP contribution in [0.15, 0.2) is 64.5 Å². The number of hydrogen-bond donors (Lipinski definition) is 1. The molecule has 3 aromatic rings. The lowest BCUT2D eigenvalue weighted by Crippen LogP contribution is -3.00. The van der Waals surface area contributed by atoms with E-state index in [1.54, 1.807) is 11.3 Å². The first-order valence-corrected chi connectivity index (χ1v) is 8.99. The smallest absolute Gasteiger partial charge is 0.105 e. The number of rotatable bonds is 5. The van der Waals surface area contributed by atoms with Gasteiger partial charge in [0.15, 0.2) is 0 Å². The Hall–Kier alpha value is -1.01. The van der Waals surface area contributed by atoms with Crippen molar-refractivity contribution in [2.24, 2.45) is 0 Å². The number of nitrogens with zero attached hydrogens (tertiary/aromatic N) is 1. The molecule has 3 N–H and O–H groups in total. The fourth-order valence-electron chi connectivity index (χ4n) is 2.56. The van der Waals surface area contributed by atoms with Crippen molar-refractivity contribution in [2.45, 2.75) is 12.3 Å². The van der Waals surface area contributed by atoms with Gasteiger partial charge in [-0.3, -0.25) is 0 Å². The highest BCUT2D eigenvalue weighted by atomic mass is 79.9. The van der Waals surface area contributed by atoms with Crippen LogP contribution in [0.3, 0.4) is 0 Å². The third-order valence-electron chi connectivity index (χ3n) is 3.56. The highest BCUT2D eigenvalue weighted by molar-refractivity contribution is 9.10. The number of halogens is 2. The lowest BCUT2D eigenvalue weighted by molar-refractivity contribution is -0.366. The van der Waals surface area contributed by atoms with Gasteiger partial charge in [-0.05, 0) is 23.3 Å². The standard InChI is InChI=1S/C18H17BrN2S.BrH/c19-15-8-4-7-14(11-15)17(13-5-2-1-3-6-13)18-21-16(9-10-20)12-22-18;/h1-8,11-12,17H,9-10,20H2;1H. The van der Waals surface area contributed by atoms with Gasteiger partial charge in [0.2, 0.25) is 0 Å². The van der Waals surface area contributed by atoms with Crippen LogP contribution < -0.4 is 22.7 Å². The maximum absolute atomic E-state index is 4.85. The van der Waals surface area contributed by atoms with Gasteiger partial charge in [-0.25, -0.2) is 4.98 Å². The normalized spacial score (nSPS) is 11.7. The largest absolute Gasteiger partial charge is 1.00 e. The number of quaternary nitrogens is 1. The van der Waals surface area contributed by atoms with Gasteiger partial charge >= 0.3 is 0 Å². The summed E-state index contributed by atoms with van der Waals surface area (Å²) in [7, 11) is 0. The molecule has 0 radical (unpaired) electrons. The van der Waals surface area contributed by atoms with Gasteiger partial charge in [0.05, 0.1) is 18.2 Å². The minimum Gasteiger partial charge on any atom is -1.00 e. The van der Waals surface area contributed by atoms with Crippen molar-refractivity contribution < 1.29 is 22.7 Å². The molecule has 5 heteroatoms. The van der Waals surface area contributed by atoms with Crippen molar-refractivity contribution in [3.8, 4) is 0 Å². The molecule has 1 heterocycles. The van der Waals surface area contributed by atoms with Crippen LogP contribution in [-0.4, -0.2) is 11.5 Å². The van der Waals surface area contributed by atoms with Crippen LogP contribution in [0.1, 0.15) is 27.7 Å². The average Bonchev–Trinajstić information content (AvgIpc) is 2.97. The predicted octanol–water partition coefficient (Wildman–Crippen LogP) is 0.874. The Balaban J connectivity index is 0.00000192. The fourth-order valence-corrected chi connectivity index (χ4v) is 3.98. The van der Waals surface area contributed by atoms with E-state index in [-0.39, 0.29) is 22.9 Å². The zero-order valence-corrected chi connectivity index (χ0v) is 16.6. The summed E-state index contributed by atoms with van der Waals surface area (Å²) >= 11 is 5.32. The summed E-state index contributed by atoms with van der Waals surface area (Å²) in [5.41, 5.74) is 7.60. The first kappa shape index (κ1) is 18.3. The first-order chi connectivity index (χ1) is 10.8. The summed E-state index contributed by atoms with van der Waals surface area (Å²) in [6.07, 6.45) is 0.941. The number of aromatic nitrogens is 1. The molecule has 0 aliphatic rings. The van der Waals surface area contributed by atoms with Crippen LogP contribution in [-0.2, 0) is 6.42 Å². The van der Waals surface area contributed by atoms with E-state index < -0.39 is 0 Å². The second kappa shape index (κ2) is 8.73. The Morgan fingerprint density at radius 2 is 1.78 bits per heavy atom. The van der Waals surface area contributed by atoms with E-state index in [4.69, 9.17) is 4.98 Å². The first-order valence-electron chi connectivity index (χ1n) is 7.32. The van der Waals surface area contributed by atoms with Crippen LogP contribution in [0.2, 0.25) is 0 Å². The maximum atomic E-state index is 4.85. The molecule has 0 saturated heterocycles. The number of hydrogen-bond acceptors (Lipinski definition) is 2. The van der Waals surface area contributed by atoms with Crippen molar-refractivity contribution in [2.75, 3.05) is 6.54 Å². The van der Waals surface area contributed by atoms with Crippen molar-refractivity contribution >= 4 is 27.3 Å².